The molecule has 0 aliphatic heterocycles. The number of aryl methyl sites for hydroxylation is 3. The molecule has 2 rings (SSSR count). The van der Waals surface area contributed by atoms with Gasteiger partial charge in [-0.3, -0.25) is 4.79 Å². The van der Waals surface area contributed by atoms with E-state index >= 15 is 0 Å². The average Bonchev–Trinajstić information content (AvgIpc) is 2.74. The lowest BCUT2D eigenvalue weighted by atomic mass is 10.1. The van der Waals surface area contributed by atoms with E-state index in [2.05, 4.69) is 20.0 Å². The quantitative estimate of drug-likeness (QED) is 0.845. The van der Waals surface area contributed by atoms with Crippen LogP contribution in [0.2, 0.25) is 0 Å². The molecule has 5 nitrogen and oxygen atoms in total. The van der Waals surface area contributed by atoms with Gasteiger partial charge < -0.3 is 10.1 Å². The van der Waals surface area contributed by atoms with E-state index in [1.54, 1.807) is 13.8 Å². The number of alkyl halides is 3. The average molecular weight is 347 g/mol. The first kappa shape index (κ1) is 17.6. The molecular weight excluding hydrogens is 331 g/mol. The fourth-order valence-corrected chi connectivity index (χ4v) is 3.39. The highest BCUT2D eigenvalue weighted by molar-refractivity contribution is 7.20. The fraction of sp³-hybridized carbons (Fsp3) is 0.500. The van der Waals surface area contributed by atoms with E-state index in [9.17, 15) is 18.0 Å². The van der Waals surface area contributed by atoms with Gasteiger partial charge in [-0.2, -0.15) is 13.2 Å². The van der Waals surface area contributed by atoms with Crippen molar-refractivity contribution in [2.45, 2.75) is 26.9 Å². The Balaban J connectivity index is 2.02. The summed E-state index contributed by atoms with van der Waals surface area (Å²) in [6, 6.07) is 0. The van der Waals surface area contributed by atoms with Crippen LogP contribution < -0.4 is 5.32 Å². The van der Waals surface area contributed by atoms with E-state index in [4.69, 9.17) is 0 Å². The van der Waals surface area contributed by atoms with Gasteiger partial charge in [0.1, 0.15) is 17.3 Å². The minimum atomic E-state index is -4.36. The third-order valence-electron chi connectivity index (χ3n) is 3.09. The molecule has 1 amide bonds. The summed E-state index contributed by atoms with van der Waals surface area (Å²) in [5.41, 5.74) is 1.57. The molecule has 0 bridgehead atoms. The van der Waals surface area contributed by atoms with Gasteiger partial charge in [0.25, 0.3) is 5.91 Å². The number of carbonyl (C=O) groups is 1. The Morgan fingerprint density at radius 3 is 2.61 bits per heavy atom. The Bertz CT molecular complexity index is 728. The number of hydrogen-bond acceptors (Lipinski definition) is 5. The highest BCUT2D eigenvalue weighted by Gasteiger charge is 2.27. The van der Waals surface area contributed by atoms with Gasteiger partial charge in [0.2, 0.25) is 0 Å². The van der Waals surface area contributed by atoms with Crippen LogP contribution >= 0.6 is 11.3 Å². The number of halogens is 3. The number of carbonyl (C=O) groups excluding carboxylic acids is 1. The van der Waals surface area contributed by atoms with Crippen LogP contribution in [0.15, 0.2) is 0 Å². The normalized spacial score (nSPS) is 11.9. The van der Waals surface area contributed by atoms with Crippen molar-refractivity contribution >= 4 is 27.5 Å². The maximum atomic E-state index is 12.2. The molecule has 1 N–H and O–H groups in total. The summed E-state index contributed by atoms with van der Waals surface area (Å²) in [5.74, 6) is 0.280. The SMILES string of the molecule is Cc1nc(C)c2c(C)c(C(=O)NCCOCC(F)(F)F)sc2n1. The number of nitrogens with one attached hydrogen (secondary N) is 1. The number of rotatable bonds is 5. The lowest BCUT2D eigenvalue weighted by molar-refractivity contribution is -0.173. The third kappa shape index (κ3) is 4.38. The molecule has 126 valence electrons. The maximum Gasteiger partial charge on any atom is 0.411 e. The van der Waals surface area contributed by atoms with Crippen molar-refractivity contribution in [1.29, 1.82) is 0 Å². The first-order valence-electron chi connectivity index (χ1n) is 6.86. The number of aromatic nitrogens is 2. The largest absolute Gasteiger partial charge is 0.411 e. The van der Waals surface area contributed by atoms with Crippen LogP contribution in [0.5, 0.6) is 0 Å². The third-order valence-corrected chi connectivity index (χ3v) is 4.27. The van der Waals surface area contributed by atoms with Gasteiger partial charge in [0, 0.05) is 17.6 Å². The molecule has 0 saturated carbocycles. The molecule has 0 aromatic carbocycles. The minimum absolute atomic E-state index is 0.00624. The summed E-state index contributed by atoms with van der Waals surface area (Å²) < 4.78 is 40.2. The van der Waals surface area contributed by atoms with Gasteiger partial charge >= 0.3 is 6.18 Å². The Hall–Kier alpha value is -1.74. The van der Waals surface area contributed by atoms with Crippen molar-refractivity contribution in [1.82, 2.24) is 15.3 Å². The number of thiophene rings is 1. The first-order chi connectivity index (χ1) is 10.7. The molecule has 2 aromatic rings. The molecule has 0 saturated heterocycles. The van der Waals surface area contributed by atoms with Crippen LogP contribution in [-0.2, 0) is 4.74 Å². The Morgan fingerprint density at radius 1 is 1.26 bits per heavy atom. The van der Waals surface area contributed by atoms with E-state index in [1.807, 2.05) is 6.92 Å². The lowest BCUT2D eigenvalue weighted by Crippen LogP contribution is -2.28. The van der Waals surface area contributed by atoms with Gasteiger partial charge in [0.15, 0.2) is 0 Å². The molecule has 2 heterocycles. The van der Waals surface area contributed by atoms with Crippen LogP contribution in [0, 0.1) is 20.8 Å². The minimum Gasteiger partial charge on any atom is -0.370 e. The molecule has 23 heavy (non-hydrogen) atoms. The first-order valence-corrected chi connectivity index (χ1v) is 7.67. The number of fused-ring (bicyclic) bond motifs is 1. The zero-order valence-corrected chi connectivity index (χ0v) is 13.7. The molecule has 0 aliphatic carbocycles. The summed E-state index contributed by atoms with van der Waals surface area (Å²) in [5, 5.41) is 3.40. The van der Waals surface area contributed by atoms with Crippen molar-refractivity contribution < 1.29 is 22.7 Å². The van der Waals surface area contributed by atoms with E-state index in [-0.39, 0.29) is 19.1 Å². The molecule has 0 aliphatic rings. The fourth-order valence-electron chi connectivity index (χ4n) is 2.20. The van der Waals surface area contributed by atoms with Crippen LogP contribution in [0.1, 0.15) is 26.8 Å². The highest BCUT2D eigenvalue weighted by atomic mass is 32.1. The topological polar surface area (TPSA) is 64.1 Å². The Kier molecular flexibility index (Phi) is 5.20. The van der Waals surface area contributed by atoms with Crippen molar-refractivity contribution in [2.75, 3.05) is 19.8 Å². The summed E-state index contributed by atoms with van der Waals surface area (Å²) >= 11 is 1.24. The molecule has 9 heteroatoms. The van der Waals surface area contributed by atoms with Gasteiger partial charge in [-0.15, -0.1) is 11.3 Å². The number of nitrogens with zero attached hydrogens (tertiary/aromatic N) is 2. The number of hydrogen-bond donors (Lipinski definition) is 1. The number of ether oxygens (including phenoxy) is 1. The van der Waals surface area contributed by atoms with Gasteiger partial charge in [-0.05, 0) is 26.3 Å². The van der Waals surface area contributed by atoms with Gasteiger partial charge in [-0.1, -0.05) is 0 Å². The van der Waals surface area contributed by atoms with Crippen molar-refractivity contribution in [3.63, 3.8) is 0 Å². The molecule has 0 fully saturated rings. The summed E-state index contributed by atoms with van der Waals surface area (Å²) in [6.07, 6.45) is -4.36. The summed E-state index contributed by atoms with van der Waals surface area (Å²) in [4.78, 5) is 22.0. The second-order valence-corrected chi connectivity index (χ2v) is 6.02. The summed E-state index contributed by atoms with van der Waals surface area (Å²) in [7, 11) is 0. The molecule has 0 radical (unpaired) electrons. The number of amides is 1. The van der Waals surface area contributed by atoms with E-state index in [0.29, 0.717) is 10.7 Å². The molecular formula is C14H16F3N3O2S. The Labute approximate surface area is 134 Å². The molecule has 2 aromatic heterocycles. The monoisotopic (exact) mass is 347 g/mol. The van der Waals surface area contributed by atoms with Crippen LogP contribution in [0.25, 0.3) is 10.2 Å². The van der Waals surface area contributed by atoms with Crippen LogP contribution in [0.4, 0.5) is 13.2 Å². The van der Waals surface area contributed by atoms with E-state index in [0.717, 1.165) is 21.5 Å². The van der Waals surface area contributed by atoms with Crippen molar-refractivity contribution in [3.05, 3.63) is 22.0 Å². The smallest absolute Gasteiger partial charge is 0.370 e. The Morgan fingerprint density at radius 2 is 1.96 bits per heavy atom. The van der Waals surface area contributed by atoms with E-state index in [1.165, 1.54) is 11.3 Å². The van der Waals surface area contributed by atoms with E-state index < -0.39 is 12.8 Å². The molecule has 0 unspecified atom stereocenters. The predicted octanol–water partition coefficient (Wildman–Crippen LogP) is 2.93. The highest BCUT2D eigenvalue weighted by Crippen LogP contribution is 2.31. The molecule has 0 atom stereocenters. The van der Waals surface area contributed by atoms with Crippen LogP contribution in [0.3, 0.4) is 0 Å². The van der Waals surface area contributed by atoms with Gasteiger partial charge in [-0.25, -0.2) is 9.97 Å². The second-order valence-electron chi connectivity index (χ2n) is 5.02. The van der Waals surface area contributed by atoms with Gasteiger partial charge in [0.05, 0.1) is 11.5 Å². The summed E-state index contributed by atoms with van der Waals surface area (Å²) in [6.45, 7) is 3.92. The van der Waals surface area contributed by atoms with Crippen molar-refractivity contribution in [2.24, 2.45) is 0 Å². The molecule has 0 spiro atoms. The standard InChI is InChI=1S/C14H16F3N3O2S/c1-7-10-8(2)19-9(3)20-13(10)23-11(7)12(21)18-4-5-22-6-14(15,16)17/h4-6H2,1-3H3,(H,18,21). The zero-order chi connectivity index (χ0) is 17.2. The second kappa shape index (κ2) is 6.79. The maximum absolute atomic E-state index is 12.2. The van der Waals surface area contributed by atoms with Crippen LogP contribution in [-0.4, -0.2) is 41.8 Å². The zero-order valence-electron chi connectivity index (χ0n) is 12.9. The lowest BCUT2D eigenvalue weighted by Gasteiger charge is -2.08. The van der Waals surface area contributed by atoms with Crippen molar-refractivity contribution in [3.8, 4) is 0 Å². The predicted molar refractivity (Wildman–Crippen MR) is 80.8 cm³/mol.